The number of nitrogens with zero attached hydrogens (tertiary/aromatic N) is 1. The third-order valence-electron chi connectivity index (χ3n) is 19.5. The average Bonchev–Trinajstić information content (AvgIpc) is 0.867. The van der Waals surface area contributed by atoms with Crippen LogP contribution in [-0.4, -0.2) is 0 Å². The van der Waals surface area contributed by atoms with Crippen LogP contribution in [-0.2, 0) is 27.1 Å². The van der Waals surface area contributed by atoms with Crippen molar-refractivity contribution in [2.75, 3.05) is 4.90 Å². The summed E-state index contributed by atoms with van der Waals surface area (Å²) in [7, 11) is 0. The lowest BCUT2D eigenvalue weighted by molar-refractivity contribution is 0.581. The van der Waals surface area contributed by atoms with Crippen molar-refractivity contribution >= 4 is 17.1 Å². The lowest BCUT2D eigenvalue weighted by Gasteiger charge is -2.54. The van der Waals surface area contributed by atoms with Crippen LogP contribution < -0.4 is 4.90 Å². The fourth-order valence-electron chi connectivity index (χ4n) is 16.0. The minimum atomic E-state index is -0.813. The van der Waals surface area contributed by atoms with E-state index in [1.54, 1.807) is 0 Å². The van der Waals surface area contributed by atoms with Crippen LogP contribution >= 0.6 is 0 Å². The van der Waals surface area contributed by atoms with Gasteiger partial charge in [-0.15, -0.1) is 0 Å². The first-order valence-corrected chi connectivity index (χ1v) is 29.2. The van der Waals surface area contributed by atoms with Crippen LogP contribution in [0.4, 0.5) is 17.1 Å². The predicted octanol–water partition coefficient (Wildman–Crippen LogP) is 19.5. The van der Waals surface area contributed by atoms with Crippen LogP contribution in [0.25, 0.3) is 22.3 Å². The Morgan fingerprint density at radius 2 is 0.549 bits per heavy atom. The summed E-state index contributed by atoms with van der Waals surface area (Å²) in [5.41, 5.74) is 26.1. The molecule has 0 saturated heterocycles. The van der Waals surface area contributed by atoms with Gasteiger partial charge in [0, 0.05) is 5.41 Å². The normalized spacial score (nSPS) is 15.7. The highest BCUT2D eigenvalue weighted by Gasteiger charge is 2.56. The van der Waals surface area contributed by atoms with E-state index in [0.29, 0.717) is 0 Å². The van der Waals surface area contributed by atoms with E-state index in [1.165, 1.54) is 128 Å². The van der Waals surface area contributed by atoms with E-state index >= 15 is 0 Å². The Kier molecular flexibility index (Phi) is 10.4. The maximum absolute atomic E-state index is 2.70. The third-order valence-corrected chi connectivity index (χ3v) is 19.5. The maximum Gasteiger partial charge on any atom is 0.0742 e. The van der Waals surface area contributed by atoms with E-state index in [1.807, 2.05) is 0 Å². The van der Waals surface area contributed by atoms with Crippen molar-refractivity contribution in [1.29, 1.82) is 0 Å². The van der Waals surface area contributed by atoms with E-state index in [2.05, 4.69) is 330 Å². The fourth-order valence-corrected chi connectivity index (χ4v) is 16.0. The van der Waals surface area contributed by atoms with E-state index in [-0.39, 0.29) is 5.41 Å². The molecule has 82 heavy (non-hydrogen) atoms. The second-order valence-electron chi connectivity index (χ2n) is 24.4. The van der Waals surface area contributed by atoms with Gasteiger partial charge in [-0.25, -0.2) is 0 Å². The number of anilines is 3. The quantitative estimate of drug-likeness (QED) is 0.154. The summed E-state index contributed by atoms with van der Waals surface area (Å²) in [5.74, 6) is 0. The van der Waals surface area contributed by atoms with Gasteiger partial charge in [-0.2, -0.15) is 0 Å². The molecule has 0 unspecified atom stereocenters. The molecule has 0 amide bonds. The van der Waals surface area contributed by atoms with Crippen molar-refractivity contribution in [2.24, 2.45) is 0 Å². The molecular formula is C81H61N. The molecule has 0 N–H and O–H groups in total. The standard InChI is InChI=1S/C81H61N/c1-77(2,3)61-52-72-76-73(53-61)80(56-32-14-7-15-33-56,57-34-16-8-17-35-57)71-51-60(81(58-36-18-9-19-37-58)68-44-26-22-40-64(68)65-41-23-27-45-69(65)81)47-49-75(71)82(76)74-48-46-59(78(4)66-42-24-20-38-62(66)63-39-21-25-43-67(63)78)50-70(74)79(72,54-28-10-5-11-29-54)55-30-12-6-13-31-55/h5-53H,1-4H3. The van der Waals surface area contributed by atoms with Crippen molar-refractivity contribution in [1.82, 2.24) is 0 Å². The number of hydrogen-bond donors (Lipinski definition) is 0. The van der Waals surface area contributed by atoms with Crippen LogP contribution in [0.5, 0.6) is 0 Å². The van der Waals surface area contributed by atoms with Gasteiger partial charge in [-0.3, -0.25) is 0 Å². The van der Waals surface area contributed by atoms with Crippen LogP contribution in [0.15, 0.2) is 297 Å². The molecule has 1 heteroatoms. The molecule has 1 nitrogen and oxygen atoms in total. The highest BCUT2D eigenvalue weighted by molar-refractivity contribution is 5.99. The Morgan fingerprint density at radius 3 is 0.915 bits per heavy atom. The first-order chi connectivity index (χ1) is 40.2. The van der Waals surface area contributed by atoms with Crippen molar-refractivity contribution in [2.45, 2.75) is 54.8 Å². The zero-order chi connectivity index (χ0) is 55.0. The largest absolute Gasteiger partial charge is 0.309 e. The van der Waals surface area contributed by atoms with E-state index in [9.17, 15) is 0 Å². The lowest BCUT2D eigenvalue weighted by atomic mass is 9.55. The molecule has 12 aromatic rings. The number of benzene rings is 12. The first-order valence-electron chi connectivity index (χ1n) is 29.2. The molecule has 0 fully saturated rings. The monoisotopic (exact) mass is 1050 g/mol. The van der Waals surface area contributed by atoms with Crippen molar-refractivity contribution in [3.05, 3.63) is 386 Å². The second kappa shape index (κ2) is 17.7. The second-order valence-corrected chi connectivity index (χ2v) is 24.4. The first kappa shape index (κ1) is 48.4. The number of hydrogen-bond acceptors (Lipinski definition) is 1. The summed E-state index contributed by atoms with van der Waals surface area (Å²) in [6.45, 7) is 9.66. The lowest BCUT2D eigenvalue weighted by Crippen LogP contribution is -2.45. The van der Waals surface area contributed by atoms with Gasteiger partial charge in [0.15, 0.2) is 0 Å². The van der Waals surface area contributed by atoms with E-state index in [4.69, 9.17) is 0 Å². The molecule has 2 aliphatic carbocycles. The Morgan fingerprint density at radius 1 is 0.256 bits per heavy atom. The summed E-state index contributed by atoms with van der Waals surface area (Å²) >= 11 is 0. The molecule has 2 aliphatic heterocycles. The van der Waals surface area contributed by atoms with Gasteiger partial charge in [-0.1, -0.05) is 306 Å². The zero-order valence-electron chi connectivity index (χ0n) is 46.7. The van der Waals surface area contributed by atoms with Gasteiger partial charge < -0.3 is 4.90 Å². The Bertz CT molecular complexity index is 4320. The van der Waals surface area contributed by atoms with E-state index in [0.717, 1.165) is 0 Å². The highest BCUT2D eigenvalue weighted by Crippen LogP contribution is 2.68. The summed E-state index contributed by atoms with van der Waals surface area (Å²) in [6.07, 6.45) is 0. The summed E-state index contributed by atoms with van der Waals surface area (Å²) in [5, 5.41) is 0. The predicted molar refractivity (Wildman–Crippen MR) is 338 cm³/mol. The van der Waals surface area contributed by atoms with Crippen LogP contribution in [0.1, 0.15) is 117 Å². The van der Waals surface area contributed by atoms with Gasteiger partial charge in [-0.05, 0) is 136 Å². The number of fused-ring (bicyclic) bond motifs is 10. The summed E-state index contributed by atoms with van der Waals surface area (Å²) < 4.78 is 0. The van der Waals surface area contributed by atoms with Crippen LogP contribution in [0.2, 0.25) is 0 Å². The zero-order valence-corrected chi connectivity index (χ0v) is 46.7. The van der Waals surface area contributed by atoms with Gasteiger partial charge in [0.1, 0.15) is 0 Å². The molecule has 0 aromatic heterocycles. The average molecular weight is 1050 g/mol. The fraction of sp³-hybridized carbons (Fsp3) is 0.111. The number of rotatable bonds is 7. The molecule has 4 aliphatic rings. The van der Waals surface area contributed by atoms with E-state index < -0.39 is 21.7 Å². The highest BCUT2D eigenvalue weighted by atomic mass is 15.2. The summed E-state index contributed by atoms with van der Waals surface area (Å²) in [4.78, 5) is 2.70. The third kappa shape index (κ3) is 6.29. The Labute approximate surface area is 482 Å². The van der Waals surface area contributed by atoms with Crippen LogP contribution in [0, 0.1) is 0 Å². The molecule has 12 aromatic carbocycles. The summed E-state index contributed by atoms with van der Waals surface area (Å²) in [6, 6.07) is 114. The molecule has 2 heterocycles. The minimum absolute atomic E-state index is 0.252. The molecule has 16 rings (SSSR count). The molecule has 0 bridgehead atoms. The van der Waals surface area contributed by atoms with Crippen molar-refractivity contribution in [3.63, 3.8) is 0 Å². The van der Waals surface area contributed by atoms with Crippen molar-refractivity contribution < 1.29 is 0 Å². The molecular weight excluding hydrogens is 987 g/mol. The molecule has 0 spiro atoms. The minimum Gasteiger partial charge on any atom is -0.309 e. The van der Waals surface area contributed by atoms with Gasteiger partial charge in [0.25, 0.3) is 0 Å². The smallest absolute Gasteiger partial charge is 0.0742 e. The van der Waals surface area contributed by atoms with Gasteiger partial charge in [0.05, 0.1) is 33.3 Å². The maximum atomic E-state index is 2.70. The van der Waals surface area contributed by atoms with Crippen LogP contribution in [0.3, 0.4) is 0 Å². The Balaban J connectivity index is 1.10. The van der Waals surface area contributed by atoms with Crippen molar-refractivity contribution in [3.8, 4) is 22.3 Å². The Hall–Kier alpha value is -9.56. The SMILES string of the molecule is CC(C)(C)c1cc2c3c(c1)C(c1ccccc1)(c1ccccc1)c1cc(C4(c5ccccc5)c5ccccc5-c5ccccc54)ccc1N3c1ccc(C3(C)c4ccccc4-c4ccccc43)cc1C2(c1ccccc1)c1ccccc1. The van der Waals surface area contributed by atoms with Gasteiger partial charge >= 0.3 is 0 Å². The van der Waals surface area contributed by atoms with Gasteiger partial charge in [0.2, 0.25) is 0 Å². The molecule has 390 valence electrons. The molecule has 0 atom stereocenters. The topological polar surface area (TPSA) is 3.24 Å². The molecule has 0 saturated carbocycles. The molecule has 0 radical (unpaired) electrons.